The van der Waals surface area contributed by atoms with E-state index in [1.165, 1.54) is 7.11 Å². The molecular weight excluding hydrogens is 452 g/mol. The van der Waals surface area contributed by atoms with Gasteiger partial charge in [-0.3, -0.25) is 0 Å². The van der Waals surface area contributed by atoms with E-state index in [1.807, 2.05) is 18.2 Å². The molecule has 0 aliphatic carbocycles. The van der Waals surface area contributed by atoms with Crippen LogP contribution in [0.5, 0.6) is 11.9 Å². The molecule has 1 aliphatic rings. The molecule has 36 heavy (non-hydrogen) atoms. The van der Waals surface area contributed by atoms with Crippen LogP contribution in [0.3, 0.4) is 0 Å². The Morgan fingerprint density at radius 2 is 1.33 bits per heavy atom. The van der Waals surface area contributed by atoms with Gasteiger partial charge in [-0.15, -0.1) is 0 Å². The van der Waals surface area contributed by atoms with Crippen LogP contribution >= 0.6 is 0 Å². The zero-order valence-corrected chi connectivity index (χ0v) is 20.5. The average Bonchev–Trinajstić information content (AvgIpc) is 3.43. The van der Waals surface area contributed by atoms with Crippen LogP contribution in [0.4, 0.5) is 0 Å². The van der Waals surface area contributed by atoms with E-state index >= 15 is 0 Å². The molecule has 0 bridgehead atoms. The number of nitrogens with zero attached hydrogens (tertiary/aromatic N) is 2. The SMILES string of the molecule is COc1ncc([C@H]2CC[C@H](COC(c3ccccc3)(c3ccccc3)c3ccccc3)O2)c(OC)n1. The summed E-state index contributed by atoms with van der Waals surface area (Å²) in [6.07, 6.45) is 3.15. The molecule has 3 aromatic carbocycles. The topological polar surface area (TPSA) is 62.7 Å². The Morgan fingerprint density at radius 3 is 1.83 bits per heavy atom. The van der Waals surface area contributed by atoms with Gasteiger partial charge in [-0.05, 0) is 29.5 Å². The van der Waals surface area contributed by atoms with Crippen LogP contribution in [-0.4, -0.2) is 36.9 Å². The predicted octanol–water partition coefficient (Wildman–Crippen LogP) is 5.72. The first kappa shape index (κ1) is 24.0. The number of aromatic nitrogens is 2. The van der Waals surface area contributed by atoms with Gasteiger partial charge in [0.05, 0.1) is 38.6 Å². The minimum absolute atomic E-state index is 0.0858. The summed E-state index contributed by atoms with van der Waals surface area (Å²) in [5, 5.41) is 0. The lowest BCUT2D eigenvalue weighted by Gasteiger charge is -2.36. The van der Waals surface area contributed by atoms with E-state index in [0.717, 1.165) is 35.1 Å². The maximum Gasteiger partial charge on any atom is 0.319 e. The van der Waals surface area contributed by atoms with Crippen LogP contribution in [0.25, 0.3) is 0 Å². The smallest absolute Gasteiger partial charge is 0.319 e. The van der Waals surface area contributed by atoms with Gasteiger partial charge in [-0.25, -0.2) is 4.98 Å². The van der Waals surface area contributed by atoms with Crippen LogP contribution < -0.4 is 9.47 Å². The summed E-state index contributed by atoms with van der Waals surface area (Å²) in [6, 6.07) is 31.4. The fourth-order valence-corrected chi connectivity index (χ4v) is 4.89. The number of rotatable bonds is 9. The Balaban J connectivity index is 1.44. The third-order valence-corrected chi connectivity index (χ3v) is 6.62. The molecule has 184 valence electrons. The zero-order valence-electron chi connectivity index (χ0n) is 20.5. The Kier molecular flexibility index (Phi) is 7.26. The fraction of sp³-hybridized carbons (Fsp3) is 0.267. The summed E-state index contributed by atoms with van der Waals surface area (Å²) >= 11 is 0. The Bertz CT molecular complexity index is 1160. The first-order valence-electron chi connectivity index (χ1n) is 12.2. The van der Waals surface area contributed by atoms with Gasteiger partial charge in [0.25, 0.3) is 0 Å². The van der Waals surface area contributed by atoms with E-state index in [2.05, 4.69) is 82.8 Å². The highest BCUT2D eigenvalue weighted by Gasteiger charge is 2.39. The minimum atomic E-state index is -0.772. The molecule has 2 atom stereocenters. The highest BCUT2D eigenvalue weighted by atomic mass is 16.6. The van der Waals surface area contributed by atoms with Crippen LogP contribution in [-0.2, 0) is 15.1 Å². The van der Waals surface area contributed by atoms with Crippen molar-refractivity contribution >= 4 is 0 Å². The van der Waals surface area contributed by atoms with Gasteiger partial charge in [0.1, 0.15) is 5.60 Å². The van der Waals surface area contributed by atoms with Gasteiger partial charge in [-0.2, -0.15) is 4.98 Å². The van der Waals surface area contributed by atoms with Crippen molar-refractivity contribution in [1.29, 1.82) is 0 Å². The maximum atomic E-state index is 6.94. The molecule has 0 saturated carbocycles. The van der Waals surface area contributed by atoms with Crippen LogP contribution in [0.1, 0.15) is 41.2 Å². The summed E-state index contributed by atoms with van der Waals surface area (Å²) in [5.41, 5.74) is 3.26. The third kappa shape index (κ3) is 4.70. The highest BCUT2D eigenvalue weighted by Crippen LogP contribution is 2.42. The molecule has 0 unspecified atom stereocenters. The minimum Gasteiger partial charge on any atom is -0.481 e. The summed E-state index contributed by atoms with van der Waals surface area (Å²) < 4.78 is 24.0. The van der Waals surface area contributed by atoms with E-state index in [-0.39, 0.29) is 18.2 Å². The van der Waals surface area contributed by atoms with Crippen molar-refractivity contribution in [3.8, 4) is 11.9 Å². The van der Waals surface area contributed by atoms with E-state index in [9.17, 15) is 0 Å². The van der Waals surface area contributed by atoms with Gasteiger partial charge in [0, 0.05) is 6.20 Å². The molecule has 6 nitrogen and oxygen atoms in total. The fourth-order valence-electron chi connectivity index (χ4n) is 4.89. The second-order valence-corrected chi connectivity index (χ2v) is 8.74. The zero-order chi connectivity index (χ0) is 24.8. The molecule has 1 aliphatic heterocycles. The van der Waals surface area contributed by atoms with Crippen molar-refractivity contribution in [2.45, 2.75) is 30.7 Å². The molecule has 4 aromatic rings. The quantitative estimate of drug-likeness (QED) is 0.284. The second-order valence-electron chi connectivity index (χ2n) is 8.74. The number of ether oxygens (including phenoxy) is 4. The van der Waals surface area contributed by atoms with Gasteiger partial charge in [-0.1, -0.05) is 91.0 Å². The van der Waals surface area contributed by atoms with Crippen molar-refractivity contribution < 1.29 is 18.9 Å². The molecule has 0 N–H and O–H groups in total. The van der Waals surface area contributed by atoms with E-state index < -0.39 is 5.60 Å². The normalized spacial score (nSPS) is 17.6. The Hall–Kier alpha value is -3.74. The molecule has 1 aromatic heterocycles. The van der Waals surface area contributed by atoms with E-state index in [4.69, 9.17) is 18.9 Å². The van der Waals surface area contributed by atoms with Gasteiger partial charge in [0.2, 0.25) is 5.88 Å². The van der Waals surface area contributed by atoms with Crippen molar-refractivity contribution in [2.24, 2.45) is 0 Å². The van der Waals surface area contributed by atoms with E-state index in [0.29, 0.717) is 12.5 Å². The van der Waals surface area contributed by atoms with Crippen molar-refractivity contribution in [2.75, 3.05) is 20.8 Å². The lowest BCUT2D eigenvalue weighted by atomic mass is 9.80. The van der Waals surface area contributed by atoms with Crippen molar-refractivity contribution in [3.63, 3.8) is 0 Å². The average molecular weight is 483 g/mol. The molecule has 0 amide bonds. The predicted molar refractivity (Wildman–Crippen MR) is 137 cm³/mol. The number of hydrogen-bond acceptors (Lipinski definition) is 6. The van der Waals surface area contributed by atoms with E-state index in [1.54, 1.807) is 13.3 Å². The number of hydrogen-bond donors (Lipinski definition) is 0. The molecule has 2 heterocycles. The lowest BCUT2D eigenvalue weighted by molar-refractivity contribution is -0.0626. The van der Waals surface area contributed by atoms with Gasteiger partial charge < -0.3 is 18.9 Å². The van der Waals surface area contributed by atoms with Crippen molar-refractivity contribution in [3.05, 3.63) is 119 Å². The first-order chi connectivity index (χ1) is 17.7. The van der Waals surface area contributed by atoms with Crippen LogP contribution in [0.2, 0.25) is 0 Å². The van der Waals surface area contributed by atoms with Crippen molar-refractivity contribution in [1.82, 2.24) is 9.97 Å². The number of benzene rings is 3. The molecule has 0 radical (unpaired) electrons. The first-order valence-corrected chi connectivity index (χ1v) is 12.2. The van der Waals surface area contributed by atoms with Crippen LogP contribution in [0, 0.1) is 0 Å². The highest BCUT2D eigenvalue weighted by molar-refractivity contribution is 5.47. The standard InChI is InChI=1S/C30H30N2O4/c1-33-28-26(20-31-29(32-28)34-2)27-19-18-25(36-27)21-35-30(22-12-6-3-7-13-22,23-14-8-4-9-15-23)24-16-10-5-11-17-24/h3-17,20,25,27H,18-19,21H2,1-2H3/t25-,27-/m1/s1. The molecular formula is C30H30N2O4. The third-order valence-electron chi connectivity index (χ3n) is 6.62. The Labute approximate surface area is 211 Å². The molecule has 6 heteroatoms. The molecule has 5 rings (SSSR count). The maximum absolute atomic E-state index is 6.94. The summed E-state index contributed by atoms with van der Waals surface area (Å²) in [6.45, 7) is 0.425. The summed E-state index contributed by atoms with van der Waals surface area (Å²) in [5.74, 6) is 0.473. The monoisotopic (exact) mass is 482 g/mol. The molecule has 1 fully saturated rings. The summed E-state index contributed by atoms with van der Waals surface area (Å²) in [7, 11) is 3.13. The second kappa shape index (κ2) is 10.9. The Morgan fingerprint density at radius 1 is 0.778 bits per heavy atom. The largest absolute Gasteiger partial charge is 0.481 e. The molecule has 0 spiro atoms. The van der Waals surface area contributed by atoms with Crippen LogP contribution in [0.15, 0.2) is 97.2 Å². The van der Waals surface area contributed by atoms with Gasteiger partial charge in [0.15, 0.2) is 0 Å². The number of methoxy groups -OCH3 is 2. The summed E-state index contributed by atoms with van der Waals surface area (Å²) in [4.78, 5) is 8.57. The lowest BCUT2D eigenvalue weighted by Crippen LogP contribution is -2.35. The molecule has 1 saturated heterocycles. The van der Waals surface area contributed by atoms with Gasteiger partial charge >= 0.3 is 6.01 Å².